The summed E-state index contributed by atoms with van der Waals surface area (Å²) >= 11 is 0. The standard InChI is InChI=1S/C15H22O5/c1-17-11-4-6-14(18-2)12(10-11)13(16)5-7-15-19-8-3-9-20-15/h4,6,10,13,15-16H,3,5,7-9H2,1-2H3/t13-/m1/s1. The SMILES string of the molecule is COc1ccc(OC)c([C@H](O)CCC2OCCCO2)c1. The van der Waals surface area contributed by atoms with Gasteiger partial charge >= 0.3 is 0 Å². The van der Waals surface area contributed by atoms with Crippen molar-refractivity contribution in [2.45, 2.75) is 31.7 Å². The molecule has 2 rings (SSSR count). The third kappa shape index (κ3) is 3.85. The summed E-state index contributed by atoms with van der Waals surface area (Å²) in [5, 5.41) is 10.3. The lowest BCUT2D eigenvalue weighted by molar-refractivity contribution is -0.183. The van der Waals surface area contributed by atoms with Gasteiger partial charge in [-0.2, -0.15) is 0 Å². The molecule has 1 N–H and O–H groups in total. The molecule has 1 atom stereocenters. The summed E-state index contributed by atoms with van der Waals surface area (Å²) in [5.74, 6) is 1.36. The Morgan fingerprint density at radius 2 is 2.00 bits per heavy atom. The molecule has 20 heavy (non-hydrogen) atoms. The van der Waals surface area contributed by atoms with Gasteiger partial charge in [0.2, 0.25) is 0 Å². The Labute approximate surface area is 119 Å². The van der Waals surface area contributed by atoms with Gasteiger partial charge in [0.05, 0.1) is 33.5 Å². The lowest BCUT2D eigenvalue weighted by atomic mass is 10.0. The highest BCUT2D eigenvalue weighted by molar-refractivity contribution is 5.41. The smallest absolute Gasteiger partial charge is 0.157 e. The van der Waals surface area contributed by atoms with Crippen molar-refractivity contribution in [3.63, 3.8) is 0 Å². The quantitative estimate of drug-likeness (QED) is 0.867. The molecule has 0 bridgehead atoms. The van der Waals surface area contributed by atoms with Crippen molar-refractivity contribution in [1.82, 2.24) is 0 Å². The van der Waals surface area contributed by atoms with Gasteiger partial charge in [-0.25, -0.2) is 0 Å². The second-order valence-corrected chi connectivity index (χ2v) is 4.73. The van der Waals surface area contributed by atoms with E-state index >= 15 is 0 Å². The second-order valence-electron chi connectivity index (χ2n) is 4.73. The van der Waals surface area contributed by atoms with E-state index in [9.17, 15) is 5.11 Å². The molecule has 1 heterocycles. The van der Waals surface area contributed by atoms with Crippen molar-refractivity contribution >= 4 is 0 Å². The minimum Gasteiger partial charge on any atom is -0.497 e. The topological polar surface area (TPSA) is 57.2 Å². The van der Waals surface area contributed by atoms with Gasteiger partial charge in [0.15, 0.2) is 6.29 Å². The van der Waals surface area contributed by atoms with Crippen LogP contribution in [0.25, 0.3) is 0 Å². The van der Waals surface area contributed by atoms with Crippen LogP contribution in [-0.2, 0) is 9.47 Å². The number of ether oxygens (including phenoxy) is 4. The van der Waals surface area contributed by atoms with Gasteiger partial charge in [-0.3, -0.25) is 0 Å². The van der Waals surface area contributed by atoms with Gasteiger partial charge in [0.1, 0.15) is 11.5 Å². The highest BCUT2D eigenvalue weighted by Gasteiger charge is 2.19. The molecule has 1 fully saturated rings. The van der Waals surface area contributed by atoms with E-state index < -0.39 is 6.10 Å². The Hall–Kier alpha value is -1.30. The van der Waals surface area contributed by atoms with Gasteiger partial charge < -0.3 is 24.1 Å². The number of hydrogen-bond acceptors (Lipinski definition) is 5. The summed E-state index contributed by atoms with van der Waals surface area (Å²) in [6.07, 6.45) is 1.29. The third-order valence-electron chi connectivity index (χ3n) is 3.37. The Balaban J connectivity index is 1.98. The molecule has 1 saturated heterocycles. The van der Waals surface area contributed by atoms with Crippen molar-refractivity contribution in [1.29, 1.82) is 0 Å². The van der Waals surface area contributed by atoms with E-state index in [1.54, 1.807) is 26.4 Å². The average molecular weight is 282 g/mol. The lowest BCUT2D eigenvalue weighted by Gasteiger charge is -2.24. The molecule has 5 heteroatoms. The highest BCUT2D eigenvalue weighted by atomic mass is 16.7. The molecule has 0 unspecified atom stereocenters. The van der Waals surface area contributed by atoms with Crippen LogP contribution in [0.3, 0.4) is 0 Å². The maximum Gasteiger partial charge on any atom is 0.157 e. The number of aliphatic hydroxyl groups excluding tert-OH is 1. The number of methoxy groups -OCH3 is 2. The van der Waals surface area contributed by atoms with Crippen LogP contribution < -0.4 is 9.47 Å². The predicted octanol–water partition coefficient (Wildman–Crippen LogP) is 2.28. The molecule has 0 radical (unpaired) electrons. The number of hydrogen-bond donors (Lipinski definition) is 1. The Kier molecular flexibility index (Phi) is 5.64. The summed E-state index contributed by atoms with van der Waals surface area (Å²) in [4.78, 5) is 0. The molecule has 0 amide bonds. The van der Waals surface area contributed by atoms with Crippen molar-refractivity contribution in [3.8, 4) is 11.5 Å². The zero-order valence-corrected chi connectivity index (χ0v) is 12.0. The van der Waals surface area contributed by atoms with Crippen molar-refractivity contribution in [3.05, 3.63) is 23.8 Å². The summed E-state index contributed by atoms with van der Waals surface area (Å²) in [5.41, 5.74) is 0.725. The molecule has 1 aliphatic rings. The molecular weight excluding hydrogens is 260 g/mol. The zero-order valence-electron chi connectivity index (χ0n) is 12.0. The fourth-order valence-electron chi connectivity index (χ4n) is 2.25. The Bertz CT molecular complexity index is 415. The first-order chi connectivity index (χ1) is 9.74. The van der Waals surface area contributed by atoms with Gasteiger partial charge in [-0.15, -0.1) is 0 Å². The van der Waals surface area contributed by atoms with Gasteiger partial charge in [0, 0.05) is 12.0 Å². The lowest BCUT2D eigenvalue weighted by Crippen LogP contribution is -2.25. The first kappa shape index (κ1) is 15.1. The van der Waals surface area contributed by atoms with E-state index in [1.807, 2.05) is 6.07 Å². The van der Waals surface area contributed by atoms with Crippen LogP contribution in [0, 0.1) is 0 Å². The molecule has 1 aromatic rings. The predicted molar refractivity (Wildman–Crippen MR) is 74.0 cm³/mol. The summed E-state index contributed by atoms with van der Waals surface area (Å²) in [6.45, 7) is 1.45. The normalized spacial score (nSPS) is 17.8. The first-order valence-corrected chi connectivity index (χ1v) is 6.87. The monoisotopic (exact) mass is 282 g/mol. The van der Waals surface area contributed by atoms with Crippen LogP contribution >= 0.6 is 0 Å². The average Bonchev–Trinajstić information content (AvgIpc) is 2.52. The van der Waals surface area contributed by atoms with Crippen LogP contribution in [-0.4, -0.2) is 38.8 Å². The summed E-state index contributed by atoms with van der Waals surface area (Å²) in [6, 6.07) is 5.40. The van der Waals surface area contributed by atoms with E-state index in [1.165, 1.54) is 0 Å². The summed E-state index contributed by atoms with van der Waals surface area (Å²) < 4.78 is 21.4. The molecular formula is C15H22O5. The molecule has 0 aliphatic carbocycles. The fourth-order valence-corrected chi connectivity index (χ4v) is 2.25. The van der Waals surface area contributed by atoms with Crippen LogP contribution in [0.2, 0.25) is 0 Å². The Morgan fingerprint density at radius 3 is 2.65 bits per heavy atom. The van der Waals surface area contributed by atoms with E-state index in [-0.39, 0.29) is 6.29 Å². The van der Waals surface area contributed by atoms with Crippen LogP contribution in [0.15, 0.2) is 18.2 Å². The Morgan fingerprint density at radius 1 is 1.25 bits per heavy atom. The van der Waals surface area contributed by atoms with Crippen molar-refractivity contribution < 1.29 is 24.1 Å². The number of aliphatic hydroxyl groups is 1. The molecule has 5 nitrogen and oxygen atoms in total. The maximum atomic E-state index is 10.3. The van der Waals surface area contributed by atoms with Gasteiger partial charge in [-0.1, -0.05) is 0 Å². The molecule has 0 spiro atoms. The summed E-state index contributed by atoms with van der Waals surface area (Å²) in [7, 11) is 3.19. The minimum atomic E-state index is -0.630. The molecule has 1 aliphatic heterocycles. The van der Waals surface area contributed by atoms with Crippen molar-refractivity contribution in [2.24, 2.45) is 0 Å². The van der Waals surface area contributed by atoms with E-state index in [0.717, 1.165) is 25.2 Å². The minimum absolute atomic E-state index is 0.213. The van der Waals surface area contributed by atoms with E-state index in [4.69, 9.17) is 18.9 Å². The van der Waals surface area contributed by atoms with Crippen LogP contribution in [0.1, 0.15) is 30.9 Å². The largest absolute Gasteiger partial charge is 0.497 e. The van der Waals surface area contributed by atoms with Crippen molar-refractivity contribution in [2.75, 3.05) is 27.4 Å². The fraction of sp³-hybridized carbons (Fsp3) is 0.600. The molecule has 1 aromatic carbocycles. The molecule has 112 valence electrons. The molecule has 0 aromatic heterocycles. The van der Waals surface area contributed by atoms with Crippen LogP contribution in [0.5, 0.6) is 11.5 Å². The number of rotatable bonds is 6. The zero-order chi connectivity index (χ0) is 14.4. The highest BCUT2D eigenvalue weighted by Crippen LogP contribution is 2.32. The van der Waals surface area contributed by atoms with Crippen LogP contribution in [0.4, 0.5) is 0 Å². The number of benzene rings is 1. The second kappa shape index (κ2) is 7.47. The van der Waals surface area contributed by atoms with Gasteiger partial charge in [-0.05, 0) is 31.0 Å². The van der Waals surface area contributed by atoms with E-state index in [0.29, 0.717) is 24.3 Å². The molecule has 0 saturated carbocycles. The maximum absolute atomic E-state index is 10.3. The first-order valence-electron chi connectivity index (χ1n) is 6.87. The van der Waals surface area contributed by atoms with Gasteiger partial charge in [0.25, 0.3) is 0 Å². The third-order valence-corrected chi connectivity index (χ3v) is 3.37. The van der Waals surface area contributed by atoms with E-state index in [2.05, 4.69) is 0 Å².